The van der Waals surface area contributed by atoms with Crippen LogP contribution in [0.2, 0.25) is 0 Å². The first-order chi connectivity index (χ1) is 7.90. The summed E-state index contributed by atoms with van der Waals surface area (Å²) in [5, 5.41) is 6.26. The number of aromatic nitrogens is 1. The molecule has 0 spiro atoms. The normalized spacial score (nSPS) is 27.3. The van der Waals surface area contributed by atoms with Gasteiger partial charge in [-0.2, -0.15) is 0 Å². The topological polar surface area (TPSA) is 24.9 Å². The van der Waals surface area contributed by atoms with Crippen LogP contribution in [0.15, 0.2) is 15.9 Å². The maximum absolute atomic E-state index is 4.39. The smallest absolute Gasteiger partial charge is 0.150 e. The van der Waals surface area contributed by atoms with E-state index in [0.29, 0.717) is 11.3 Å². The van der Waals surface area contributed by atoms with E-state index in [9.17, 15) is 0 Å². The lowest BCUT2D eigenvalue weighted by Crippen LogP contribution is -2.36. The van der Waals surface area contributed by atoms with Gasteiger partial charge in [-0.25, -0.2) is 4.98 Å². The number of thiazole rings is 1. The van der Waals surface area contributed by atoms with E-state index in [1.807, 2.05) is 18.0 Å². The van der Waals surface area contributed by atoms with Gasteiger partial charge in [-0.05, 0) is 19.9 Å². The largest absolute Gasteiger partial charge is 0.316 e. The number of thioether (sulfide) groups is 1. The molecule has 0 radical (unpaired) electrons. The van der Waals surface area contributed by atoms with Gasteiger partial charge in [0.25, 0.3) is 0 Å². The first-order valence-electron chi connectivity index (χ1n) is 6.13. The van der Waals surface area contributed by atoms with Crippen molar-refractivity contribution in [1.29, 1.82) is 0 Å². The maximum Gasteiger partial charge on any atom is 0.150 e. The van der Waals surface area contributed by atoms with E-state index in [2.05, 4.69) is 22.7 Å². The van der Waals surface area contributed by atoms with Gasteiger partial charge in [-0.15, -0.1) is 11.3 Å². The van der Waals surface area contributed by atoms with Crippen LogP contribution < -0.4 is 5.32 Å². The van der Waals surface area contributed by atoms with Gasteiger partial charge in [0.1, 0.15) is 4.34 Å². The summed E-state index contributed by atoms with van der Waals surface area (Å²) in [5.41, 5.74) is 0. The second-order valence-electron chi connectivity index (χ2n) is 4.34. The highest BCUT2D eigenvalue weighted by Crippen LogP contribution is 2.33. The van der Waals surface area contributed by atoms with Gasteiger partial charge in [-0.3, -0.25) is 0 Å². The lowest BCUT2D eigenvalue weighted by Gasteiger charge is -2.27. The maximum atomic E-state index is 4.39. The van der Waals surface area contributed by atoms with Crippen LogP contribution in [0.1, 0.15) is 38.5 Å². The number of nitrogens with zero attached hydrogens (tertiary/aromatic N) is 1. The minimum absolute atomic E-state index is 0.661. The second-order valence-corrected chi connectivity index (χ2v) is 6.72. The van der Waals surface area contributed by atoms with E-state index < -0.39 is 0 Å². The van der Waals surface area contributed by atoms with Crippen LogP contribution in [0.25, 0.3) is 0 Å². The average Bonchev–Trinajstić information content (AvgIpc) is 2.75. The SMILES string of the molecule is CNC1CCCCCCC1Sc1nccs1. The molecule has 0 saturated heterocycles. The van der Waals surface area contributed by atoms with Gasteiger partial charge in [-0.1, -0.05) is 37.4 Å². The number of hydrogen-bond donors (Lipinski definition) is 1. The summed E-state index contributed by atoms with van der Waals surface area (Å²) in [6, 6.07) is 0.661. The molecule has 90 valence electrons. The number of nitrogens with one attached hydrogen (secondary N) is 1. The molecule has 4 heteroatoms. The van der Waals surface area contributed by atoms with Crippen LogP contribution in [0.5, 0.6) is 0 Å². The summed E-state index contributed by atoms with van der Waals surface area (Å²) in [4.78, 5) is 4.39. The molecular formula is C12H20N2S2. The molecule has 1 aromatic heterocycles. The molecule has 2 rings (SSSR count). The molecule has 0 aliphatic heterocycles. The molecule has 16 heavy (non-hydrogen) atoms. The van der Waals surface area contributed by atoms with Crippen molar-refractivity contribution in [2.45, 2.75) is 54.2 Å². The van der Waals surface area contributed by atoms with Crippen LogP contribution in [-0.4, -0.2) is 23.3 Å². The van der Waals surface area contributed by atoms with Crippen molar-refractivity contribution in [3.8, 4) is 0 Å². The molecule has 1 aliphatic rings. The van der Waals surface area contributed by atoms with Crippen LogP contribution in [0.3, 0.4) is 0 Å². The molecule has 0 amide bonds. The minimum Gasteiger partial charge on any atom is -0.316 e. The Morgan fingerprint density at radius 2 is 2.12 bits per heavy atom. The third-order valence-corrected chi connectivity index (χ3v) is 5.55. The molecule has 2 atom stereocenters. The van der Waals surface area contributed by atoms with E-state index in [1.54, 1.807) is 11.3 Å². The first-order valence-corrected chi connectivity index (χ1v) is 7.89. The molecule has 1 heterocycles. The molecule has 2 unspecified atom stereocenters. The Balaban J connectivity index is 1.96. The Labute approximate surface area is 106 Å². The Bertz CT molecular complexity index is 287. The monoisotopic (exact) mass is 256 g/mol. The number of rotatable bonds is 3. The Morgan fingerprint density at radius 3 is 2.81 bits per heavy atom. The minimum atomic E-state index is 0.661. The second kappa shape index (κ2) is 6.62. The molecule has 1 saturated carbocycles. The van der Waals surface area contributed by atoms with Crippen LogP contribution in [0.4, 0.5) is 0 Å². The van der Waals surface area contributed by atoms with E-state index in [1.165, 1.54) is 42.9 Å². The van der Waals surface area contributed by atoms with Gasteiger partial charge in [0.15, 0.2) is 0 Å². The van der Waals surface area contributed by atoms with Gasteiger partial charge >= 0.3 is 0 Å². The third kappa shape index (κ3) is 3.47. The average molecular weight is 256 g/mol. The molecule has 0 bridgehead atoms. The standard InChI is InChI=1S/C12H20N2S2/c1-13-10-6-4-2-3-5-7-11(10)16-12-14-8-9-15-12/h8-11,13H,2-7H2,1H3. The molecule has 1 fully saturated rings. The van der Waals surface area contributed by atoms with Gasteiger partial charge in [0, 0.05) is 22.9 Å². The Morgan fingerprint density at radius 1 is 1.31 bits per heavy atom. The first kappa shape index (κ1) is 12.4. The van der Waals surface area contributed by atoms with Crippen molar-refractivity contribution in [3.63, 3.8) is 0 Å². The van der Waals surface area contributed by atoms with Crippen LogP contribution in [-0.2, 0) is 0 Å². The summed E-state index contributed by atoms with van der Waals surface area (Å²) < 4.78 is 1.23. The third-order valence-electron chi connectivity index (χ3n) is 3.24. The zero-order valence-electron chi connectivity index (χ0n) is 9.82. The molecule has 1 aromatic rings. The van der Waals surface area contributed by atoms with Crippen molar-refractivity contribution in [1.82, 2.24) is 10.3 Å². The highest BCUT2D eigenvalue weighted by Gasteiger charge is 2.23. The van der Waals surface area contributed by atoms with Crippen molar-refractivity contribution in [2.24, 2.45) is 0 Å². The predicted molar refractivity (Wildman–Crippen MR) is 72.3 cm³/mol. The fourth-order valence-corrected chi connectivity index (χ4v) is 4.54. The molecule has 2 nitrogen and oxygen atoms in total. The molecule has 0 aromatic carbocycles. The Kier molecular flexibility index (Phi) is 5.13. The lowest BCUT2D eigenvalue weighted by atomic mass is 9.96. The molecule has 1 aliphatic carbocycles. The highest BCUT2D eigenvalue weighted by molar-refractivity contribution is 8.01. The van der Waals surface area contributed by atoms with E-state index in [-0.39, 0.29) is 0 Å². The van der Waals surface area contributed by atoms with Crippen molar-refractivity contribution < 1.29 is 0 Å². The van der Waals surface area contributed by atoms with Crippen molar-refractivity contribution in [3.05, 3.63) is 11.6 Å². The van der Waals surface area contributed by atoms with Crippen LogP contribution in [0, 0.1) is 0 Å². The zero-order chi connectivity index (χ0) is 11.2. The van der Waals surface area contributed by atoms with Gasteiger partial charge in [0.2, 0.25) is 0 Å². The Hall–Kier alpha value is -0.0600. The fraction of sp³-hybridized carbons (Fsp3) is 0.750. The van der Waals surface area contributed by atoms with E-state index >= 15 is 0 Å². The quantitative estimate of drug-likeness (QED) is 0.895. The highest BCUT2D eigenvalue weighted by atomic mass is 32.2. The van der Waals surface area contributed by atoms with Gasteiger partial charge in [0.05, 0.1) is 0 Å². The van der Waals surface area contributed by atoms with Crippen molar-refractivity contribution >= 4 is 23.1 Å². The van der Waals surface area contributed by atoms with E-state index in [0.717, 1.165) is 0 Å². The number of hydrogen-bond acceptors (Lipinski definition) is 4. The molecular weight excluding hydrogens is 236 g/mol. The molecule has 1 N–H and O–H groups in total. The summed E-state index contributed by atoms with van der Waals surface area (Å²) in [6.45, 7) is 0. The summed E-state index contributed by atoms with van der Waals surface area (Å²) in [7, 11) is 2.10. The summed E-state index contributed by atoms with van der Waals surface area (Å²) in [5.74, 6) is 0. The van der Waals surface area contributed by atoms with Crippen molar-refractivity contribution in [2.75, 3.05) is 7.05 Å². The van der Waals surface area contributed by atoms with Gasteiger partial charge < -0.3 is 5.32 Å². The fourth-order valence-electron chi connectivity index (χ4n) is 2.32. The predicted octanol–water partition coefficient (Wildman–Crippen LogP) is 3.55. The van der Waals surface area contributed by atoms with E-state index in [4.69, 9.17) is 0 Å². The van der Waals surface area contributed by atoms with Crippen LogP contribution >= 0.6 is 23.1 Å². The lowest BCUT2D eigenvalue weighted by molar-refractivity contribution is 0.420. The zero-order valence-corrected chi connectivity index (χ0v) is 11.4. The summed E-state index contributed by atoms with van der Waals surface area (Å²) in [6.07, 6.45) is 10.1. The summed E-state index contributed by atoms with van der Waals surface area (Å²) >= 11 is 3.74.